The molecule has 4 heterocycles. The molecule has 7 heteroatoms. The Bertz CT molecular complexity index is 1850. The number of rotatable bonds is 0. The van der Waals surface area contributed by atoms with Gasteiger partial charge in [0.25, 0.3) is 0 Å². The van der Waals surface area contributed by atoms with E-state index in [1.807, 2.05) is 257 Å². The van der Waals surface area contributed by atoms with Crippen molar-refractivity contribution in [2.75, 3.05) is 0 Å². The highest BCUT2D eigenvalue weighted by atomic mass is 32.1. The van der Waals surface area contributed by atoms with Gasteiger partial charge in [-0.05, 0) is 57.9 Å². The van der Waals surface area contributed by atoms with E-state index in [1.54, 1.807) is 31.1 Å². The zero-order chi connectivity index (χ0) is 59.3. The van der Waals surface area contributed by atoms with Crippen LogP contribution < -0.4 is 0 Å². The maximum atomic E-state index is 4.58. The van der Waals surface area contributed by atoms with Crippen molar-refractivity contribution < 1.29 is 8.83 Å². The minimum absolute atomic E-state index is 0.988. The van der Waals surface area contributed by atoms with Crippen molar-refractivity contribution in [2.45, 2.75) is 166 Å². The molecule has 10 rings (SSSR count). The van der Waals surface area contributed by atoms with Gasteiger partial charge in [-0.3, -0.25) is 4.98 Å². The van der Waals surface area contributed by atoms with Gasteiger partial charge in [-0.15, -0.1) is 0 Å². The first-order valence-electron chi connectivity index (χ1n) is 28.1. The number of nitrogens with zero attached hydrogens (tertiary/aromatic N) is 4. The molecule has 0 amide bonds. The number of hydrogen-bond donors (Lipinski definition) is 0. The van der Waals surface area contributed by atoms with Crippen molar-refractivity contribution in [3.63, 3.8) is 0 Å². The second-order valence-electron chi connectivity index (χ2n) is 10.1. The van der Waals surface area contributed by atoms with E-state index in [0.29, 0.717) is 0 Å². The third kappa shape index (κ3) is 61.5. The van der Waals surface area contributed by atoms with Gasteiger partial charge in [0.2, 0.25) is 0 Å². The van der Waals surface area contributed by atoms with Crippen molar-refractivity contribution in [3.05, 3.63) is 232 Å². The summed E-state index contributed by atoms with van der Waals surface area (Å²) in [6.07, 6.45) is 11.2. The predicted octanol–water partition coefficient (Wildman–Crippen LogP) is 24.4. The van der Waals surface area contributed by atoms with Crippen LogP contribution in [0.4, 0.5) is 0 Å². The van der Waals surface area contributed by atoms with Crippen LogP contribution in [0.3, 0.4) is 0 Å². The van der Waals surface area contributed by atoms with E-state index in [0.717, 1.165) is 11.0 Å². The number of furan rings is 1. The van der Waals surface area contributed by atoms with Gasteiger partial charge in [0.05, 0.1) is 30.5 Å². The Morgan fingerprint density at radius 3 is 0.653 bits per heavy atom. The molecule has 420 valence electrons. The quantitative estimate of drug-likeness (QED) is 0.151. The lowest BCUT2D eigenvalue weighted by Gasteiger charge is -1.92. The van der Waals surface area contributed by atoms with Crippen LogP contribution in [-0.4, -0.2) is 18.7 Å². The van der Waals surface area contributed by atoms with E-state index in [-0.39, 0.29) is 0 Å². The Kier molecular flexibility index (Phi) is 109. The standard InChI is InChI=1S/2C10H8.C6H4N2S.C6H6.C5H5N.C4H4O.C3H3NO.12C2H6/c2*1-2-6-10-8-4-3-7-9(10)5-1;1-2-4-6-5(3-1)7-9-8-6;2*1-2-4-6-5-3-1;1-2-4-5-3-1;1-2-5-3-4-1;12*1-2/h2*1-8H;1-4H;1-6H;1-5H;1-4H;1-3H;12*1-2H3. The van der Waals surface area contributed by atoms with E-state index in [9.17, 15) is 0 Å². The SMILES string of the molecule is CC.CC.CC.CC.CC.CC.CC.CC.CC.CC.CC.CC.c1ccc2ccccc2c1.c1ccc2ccccc2c1.c1ccc2nsnc2c1.c1ccccc1.c1ccncc1.c1ccoc1.c1cocn1. The normalized spacial score (nSPS) is 7.20. The average molecular weight is 1050 g/mol. The number of hydrogen-bond acceptors (Lipinski definition) is 7. The fraction of sp³-hybridized carbons (Fsp3) is 0.353. The summed E-state index contributed by atoms with van der Waals surface area (Å²) < 4.78 is 17.2. The topological polar surface area (TPSA) is 77.8 Å². The third-order valence-corrected chi connectivity index (χ3v) is 7.04. The average Bonchev–Trinajstić information content (AvgIpc) is 4.44. The first-order chi connectivity index (χ1) is 37.4. The molecule has 0 aliphatic heterocycles. The van der Waals surface area contributed by atoms with Crippen LogP contribution in [0.2, 0.25) is 0 Å². The molecule has 0 aliphatic rings. The van der Waals surface area contributed by atoms with Crippen LogP contribution >= 0.6 is 11.7 Å². The summed E-state index contributed by atoms with van der Waals surface area (Å²) in [7, 11) is 0. The second-order valence-corrected chi connectivity index (χ2v) is 10.6. The van der Waals surface area contributed by atoms with E-state index in [2.05, 4.69) is 125 Å². The summed E-state index contributed by atoms with van der Waals surface area (Å²) in [4.78, 5) is 7.34. The highest BCUT2D eigenvalue weighted by Crippen LogP contribution is 2.12. The lowest BCUT2D eigenvalue weighted by Crippen LogP contribution is -1.67. The summed E-state index contributed by atoms with van der Waals surface area (Å²) in [5.74, 6) is 0. The van der Waals surface area contributed by atoms with Crippen molar-refractivity contribution >= 4 is 44.3 Å². The first kappa shape index (κ1) is 88.0. The molecule has 0 radical (unpaired) electrons. The van der Waals surface area contributed by atoms with Crippen LogP contribution in [0.25, 0.3) is 32.6 Å². The smallest absolute Gasteiger partial charge is 0.180 e. The Morgan fingerprint density at radius 2 is 0.493 bits per heavy atom. The minimum Gasteiger partial charge on any atom is -0.473 e. The van der Waals surface area contributed by atoms with Crippen LogP contribution in [0, 0.1) is 0 Å². The lowest BCUT2D eigenvalue weighted by atomic mass is 10.1. The number of oxazole rings is 1. The number of benzene rings is 6. The summed E-state index contributed by atoms with van der Waals surface area (Å²) in [5.41, 5.74) is 1.98. The molecule has 6 nitrogen and oxygen atoms in total. The Morgan fingerprint density at radius 1 is 0.240 bits per heavy atom. The molecular formula is C68H110N4O2S. The summed E-state index contributed by atoms with van der Waals surface area (Å²) >= 11 is 1.25. The van der Waals surface area contributed by atoms with Crippen molar-refractivity contribution in [2.24, 2.45) is 0 Å². The molecule has 10 aromatic rings. The van der Waals surface area contributed by atoms with Gasteiger partial charge in [-0.1, -0.05) is 318 Å². The van der Waals surface area contributed by atoms with Gasteiger partial charge in [0.1, 0.15) is 17.3 Å². The maximum absolute atomic E-state index is 4.58. The lowest BCUT2D eigenvalue weighted by molar-refractivity contribution is 0.558. The molecule has 0 atom stereocenters. The van der Waals surface area contributed by atoms with Crippen molar-refractivity contribution in [3.8, 4) is 0 Å². The van der Waals surface area contributed by atoms with Crippen LogP contribution in [-0.2, 0) is 0 Å². The molecule has 75 heavy (non-hydrogen) atoms. The third-order valence-electron chi connectivity index (χ3n) is 6.48. The molecule has 0 unspecified atom stereocenters. The predicted molar refractivity (Wildman–Crippen MR) is 347 cm³/mol. The van der Waals surface area contributed by atoms with Crippen molar-refractivity contribution in [1.82, 2.24) is 18.7 Å². The van der Waals surface area contributed by atoms with E-state index < -0.39 is 0 Å². The van der Waals surface area contributed by atoms with E-state index in [1.165, 1.54) is 45.9 Å². The summed E-state index contributed by atoms with van der Waals surface area (Å²) in [6, 6.07) is 62.6. The molecule has 0 bridgehead atoms. The Labute approximate surface area is 467 Å². The highest BCUT2D eigenvalue weighted by Gasteiger charge is 1.91. The maximum Gasteiger partial charge on any atom is 0.180 e. The monoisotopic (exact) mass is 1050 g/mol. The fourth-order valence-corrected chi connectivity index (χ4v) is 4.62. The van der Waals surface area contributed by atoms with Gasteiger partial charge < -0.3 is 8.83 Å². The number of pyridine rings is 1. The molecule has 0 saturated heterocycles. The van der Waals surface area contributed by atoms with Gasteiger partial charge in [-0.25, -0.2) is 4.98 Å². The molecular weight excluding hydrogens is 937 g/mol. The first-order valence-corrected chi connectivity index (χ1v) is 28.8. The summed E-state index contributed by atoms with van der Waals surface area (Å²) in [5, 5.41) is 5.24. The number of aromatic nitrogens is 4. The Hall–Kier alpha value is -6.70. The van der Waals surface area contributed by atoms with Gasteiger partial charge >= 0.3 is 0 Å². The molecule has 4 aromatic heterocycles. The van der Waals surface area contributed by atoms with Crippen molar-refractivity contribution in [1.29, 1.82) is 0 Å². The molecule has 6 aromatic carbocycles. The molecule has 0 aliphatic carbocycles. The highest BCUT2D eigenvalue weighted by molar-refractivity contribution is 7.00. The summed E-state index contributed by atoms with van der Waals surface area (Å²) in [6.45, 7) is 48.0. The van der Waals surface area contributed by atoms with Gasteiger partial charge in [0.15, 0.2) is 6.39 Å². The largest absolute Gasteiger partial charge is 0.473 e. The zero-order valence-electron chi connectivity index (χ0n) is 52.0. The Balaban J connectivity index is -0.0000000916. The molecule has 0 saturated carbocycles. The zero-order valence-corrected chi connectivity index (χ0v) is 52.8. The van der Waals surface area contributed by atoms with E-state index in [4.69, 9.17) is 0 Å². The van der Waals surface area contributed by atoms with Crippen LogP contribution in [0.15, 0.2) is 241 Å². The van der Waals surface area contributed by atoms with Gasteiger partial charge in [-0.2, -0.15) is 8.75 Å². The molecule has 0 fully saturated rings. The van der Waals surface area contributed by atoms with E-state index >= 15 is 0 Å². The fourth-order valence-electron chi connectivity index (χ4n) is 4.09. The second kappa shape index (κ2) is 93.3. The molecule has 0 spiro atoms. The van der Waals surface area contributed by atoms with Crippen LogP contribution in [0.1, 0.15) is 166 Å². The van der Waals surface area contributed by atoms with Gasteiger partial charge in [0, 0.05) is 12.4 Å². The minimum atomic E-state index is 0.988. The number of fused-ring (bicyclic) bond motifs is 3. The molecule has 0 N–H and O–H groups in total. The van der Waals surface area contributed by atoms with Crippen LogP contribution in [0.5, 0.6) is 0 Å².